The number of oxazole rings is 1. The first-order valence-corrected chi connectivity index (χ1v) is 11.1. The summed E-state index contributed by atoms with van der Waals surface area (Å²) in [4.78, 5) is 17.0. The second-order valence-corrected chi connectivity index (χ2v) is 9.42. The summed E-state index contributed by atoms with van der Waals surface area (Å²) in [6, 6.07) is 11.3. The molecule has 152 valence electrons. The number of anilines is 1. The number of benzene rings is 2. The third-order valence-corrected chi connectivity index (χ3v) is 7.16. The summed E-state index contributed by atoms with van der Waals surface area (Å²) >= 11 is 0. The summed E-state index contributed by atoms with van der Waals surface area (Å²) < 4.78 is 32.6. The third-order valence-electron chi connectivity index (χ3n) is 5.25. The lowest BCUT2D eigenvalue weighted by Crippen LogP contribution is -2.37. The summed E-state index contributed by atoms with van der Waals surface area (Å²) in [6.45, 7) is 4.97. The van der Waals surface area contributed by atoms with Crippen molar-refractivity contribution in [3.8, 4) is 0 Å². The van der Waals surface area contributed by atoms with Crippen LogP contribution in [0.1, 0.15) is 36.0 Å². The average molecular weight is 413 g/mol. The minimum absolute atomic E-state index is 0.211. The molecule has 1 aliphatic heterocycles. The molecular formula is C21H23N3O4S. The molecule has 7 nitrogen and oxygen atoms in total. The van der Waals surface area contributed by atoms with Gasteiger partial charge in [0, 0.05) is 31.3 Å². The van der Waals surface area contributed by atoms with Crippen LogP contribution in [0.25, 0.3) is 11.1 Å². The molecule has 0 aliphatic carbocycles. The highest BCUT2D eigenvalue weighted by Crippen LogP contribution is 2.24. The maximum Gasteiger partial charge on any atom is 0.255 e. The Bertz CT molecular complexity index is 1140. The van der Waals surface area contributed by atoms with Gasteiger partial charge in [0.1, 0.15) is 5.52 Å². The van der Waals surface area contributed by atoms with Crippen LogP contribution in [0.4, 0.5) is 5.69 Å². The molecule has 29 heavy (non-hydrogen) atoms. The summed E-state index contributed by atoms with van der Waals surface area (Å²) in [6.07, 6.45) is 1.74. The van der Waals surface area contributed by atoms with E-state index in [0.29, 0.717) is 47.2 Å². The Morgan fingerprint density at radius 2 is 1.83 bits per heavy atom. The predicted molar refractivity (Wildman–Crippen MR) is 110 cm³/mol. The molecule has 1 amide bonds. The first-order chi connectivity index (χ1) is 13.8. The van der Waals surface area contributed by atoms with Crippen LogP contribution in [-0.2, 0) is 10.0 Å². The number of amides is 1. The Balaban J connectivity index is 1.48. The number of hydrogen-bond acceptors (Lipinski definition) is 5. The SMILES string of the molecule is Cc1nc2cc(NC(=O)c3ccc(S(=O)(=O)N4CCC(C)CC4)cc3)ccc2o1. The quantitative estimate of drug-likeness (QED) is 0.702. The van der Waals surface area contributed by atoms with E-state index in [-0.39, 0.29) is 10.8 Å². The molecule has 2 heterocycles. The number of hydrogen-bond donors (Lipinski definition) is 1. The molecule has 1 N–H and O–H groups in total. The predicted octanol–water partition coefficient (Wildman–Crippen LogP) is 3.81. The molecule has 0 unspecified atom stereocenters. The number of fused-ring (bicyclic) bond motifs is 1. The summed E-state index contributed by atoms with van der Waals surface area (Å²) in [5, 5.41) is 2.81. The zero-order valence-electron chi connectivity index (χ0n) is 16.4. The maximum absolute atomic E-state index is 12.8. The molecule has 3 aromatic rings. The van der Waals surface area contributed by atoms with Gasteiger partial charge >= 0.3 is 0 Å². The number of aromatic nitrogens is 1. The molecule has 0 radical (unpaired) electrons. The standard InChI is InChI=1S/C21H23N3O4S/c1-14-9-11-24(12-10-14)29(26,27)18-6-3-16(4-7-18)21(25)23-17-5-8-20-19(13-17)22-15(2)28-20/h3-8,13-14H,9-12H2,1-2H3,(H,23,25). The van der Waals surface area contributed by atoms with E-state index >= 15 is 0 Å². The molecule has 1 saturated heterocycles. The Morgan fingerprint density at radius 3 is 2.52 bits per heavy atom. The van der Waals surface area contributed by atoms with Crippen molar-refractivity contribution in [1.29, 1.82) is 0 Å². The van der Waals surface area contributed by atoms with Gasteiger partial charge in [-0.25, -0.2) is 13.4 Å². The Hall–Kier alpha value is -2.71. The fourth-order valence-electron chi connectivity index (χ4n) is 3.48. The van der Waals surface area contributed by atoms with Crippen LogP contribution in [0.5, 0.6) is 0 Å². The van der Waals surface area contributed by atoms with Crippen LogP contribution in [0.2, 0.25) is 0 Å². The minimum atomic E-state index is -3.53. The maximum atomic E-state index is 12.8. The van der Waals surface area contributed by atoms with Crippen molar-refractivity contribution in [2.75, 3.05) is 18.4 Å². The van der Waals surface area contributed by atoms with Gasteiger partial charge in [0.15, 0.2) is 11.5 Å². The van der Waals surface area contributed by atoms with Crippen LogP contribution >= 0.6 is 0 Å². The summed E-state index contributed by atoms with van der Waals surface area (Å²) in [5.41, 5.74) is 2.29. The lowest BCUT2D eigenvalue weighted by molar-refractivity contribution is 0.102. The van der Waals surface area contributed by atoms with Gasteiger partial charge in [-0.05, 0) is 61.2 Å². The minimum Gasteiger partial charge on any atom is -0.441 e. The van der Waals surface area contributed by atoms with Gasteiger partial charge in [-0.15, -0.1) is 0 Å². The van der Waals surface area contributed by atoms with Crippen LogP contribution in [0, 0.1) is 12.8 Å². The Morgan fingerprint density at radius 1 is 1.14 bits per heavy atom. The summed E-state index contributed by atoms with van der Waals surface area (Å²) in [5.74, 6) is 0.789. The molecule has 1 fully saturated rings. The van der Waals surface area contributed by atoms with Gasteiger partial charge in [0.25, 0.3) is 5.91 Å². The first kappa shape index (κ1) is 19.6. The molecule has 0 atom stereocenters. The molecule has 0 spiro atoms. The molecule has 1 aliphatic rings. The van der Waals surface area contributed by atoms with E-state index in [4.69, 9.17) is 4.42 Å². The molecule has 1 aromatic heterocycles. The van der Waals surface area contributed by atoms with Gasteiger partial charge in [0.2, 0.25) is 10.0 Å². The second-order valence-electron chi connectivity index (χ2n) is 7.48. The van der Waals surface area contributed by atoms with E-state index in [1.54, 1.807) is 25.1 Å². The Kier molecular flexibility index (Phi) is 5.14. The van der Waals surface area contributed by atoms with Gasteiger partial charge in [-0.1, -0.05) is 6.92 Å². The van der Waals surface area contributed by atoms with E-state index in [1.807, 2.05) is 0 Å². The number of carbonyl (C=O) groups is 1. The molecular weight excluding hydrogens is 390 g/mol. The zero-order valence-corrected chi connectivity index (χ0v) is 17.2. The summed E-state index contributed by atoms with van der Waals surface area (Å²) in [7, 11) is -3.53. The van der Waals surface area contributed by atoms with Crippen LogP contribution in [-0.4, -0.2) is 36.7 Å². The monoisotopic (exact) mass is 413 g/mol. The molecule has 0 bridgehead atoms. The van der Waals surface area contributed by atoms with Crippen molar-refractivity contribution in [2.45, 2.75) is 31.6 Å². The Labute approximate surface area is 169 Å². The zero-order chi connectivity index (χ0) is 20.6. The second kappa shape index (κ2) is 7.61. The number of rotatable bonds is 4. The van der Waals surface area contributed by atoms with Gasteiger partial charge in [-0.3, -0.25) is 4.79 Å². The van der Waals surface area contributed by atoms with E-state index in [2.05, 4.69) is 17.2 Å². The number of sulfonamides is 1. The van der Waals surface area contributed by atoms with Crippen molar-refractivity contribution in [1.82, 2.24) is 9.29 Å². The highest BCUT2D eigenvalue weighted by Gasteiger charge is 2.28. The normalized spacial score (nSPS) is 16.2. The van der Waals surface area contributed by atoms with Crippen molar-refractivity contribution >= 4 is 32.7 Å². The lowest BCUT2D eigenvalue weighted by atomic mass is 10.0. The van der Waals surface area contributed by atoms with Gasteiger partial charge in [-0.2, -0.15) is 4.31 Å². The molecule has 0 saturated carbocycles. The molecule has 4 rings (SSSR count). The highest BCUT2D eigenvalue weighted by atomic mass is 32.2. The van der Waals surface area contributed by atoms with E-state index < -0.39 is 10.0 Å². The highest BCUT2D eigenvalue weighted by molar-refractivity contribution is 7.89. The number of nitrogens with zero attached hydrogens (tertiary/aromatic N) is 2. The van der Waals surface area contributed by atoms with E-state index in [0.717, 1.165) is 12.8 Å². The number of aryl methyl sites for hydroxylation is 1. The number of carbonyl (C=O) groups excluding carboxylic acids is 1. The van der Waals surface area contributed by atoms with Crippen LogP contribution < -0.4 is 5.32 Å². The molecule has 2 aromatic carbocycles. The lowest BCUT2D eigenvalue weighted by Gasteiger charge is -2.29. The smallest absolute Gasteiger partial charge is 0.255 e. The van der Waals surface area contributed by atoms with Gasteiger partial charge in [0.05, 0.1) is 4.90 Å². The fraction of sp³-hybridized carbons (Fsp3) is 0.333. The fourth-order valence-corrected chi connectivity index (χ4v) is 4.95. The van der Waals surface area contributed by atoms with Crippen molar-refractivity contribution < 1.29 is 17.6 Å². The van der Waals surface area contributed by atoms with Crippen LogP contribution in [0.15, 0.2) is 51.8 Å². The number of piperidine rings is 1. The van der Waals surface area contributed by atoms with Gasteiger partial charge < -0.3 is 9.73 Å². The third kappa shape index (κ3) is 4.04. The van der Waals surface area contributed by atoms with Crippen LogP contribution in [0.3, 0.4) is 0 Å². The topological polar surface area (TPSA) is 92.5 Å². The average Bonchev–Trinajstić information content (AvgIpc) is 3.07. The van der Waals surface area contributed by atoms with Crippen molar-refractivity contribution in [3.05, 3.63) is 53.9 Å². The molecule has 8 heteroatoms. The van der Waals surface area contributed by atoms with E-state index in [9.17, 15) is 13.2 Å². The van der Waals surface area contributed by atoms with Crippen molar-refractivity contribution in [3.63, 3.8) is 0 Å². The number of nitrogens with one attached hydrogen (secondary N) is 1. The largest absolute Gasteiger partial charge is 0.441 e. The van der Waals surface area contributed by atoms with Crippen molar-refractivity contribution in [2.24, 2.45) is 5.92 Å². The first-order valence-electron chi connectivity index (χ1n) is 9.62. The van der Waals surface area contributed by atoms with E-state index in [1.165, 1.54) is 28.6 Å².